The van der Waals surface area contributed by atoms with Crippen molar-refractivity contribution in [1.82, 2.24) is 30.1 Å². The number of hydrogen-bond donors (Lipinski definition) is 1. The van der Waals surface area contributed by atoms with Crippen LogP contribution in [-0.2, 0) is 35.8 Å². The summed E-state index contributed by atoms with van der Waals surface area (Å²) in [5, 5.41) is 13.4. The van der Waals surface area contributed by atoms with Crippen molar-refractivity contribution in [2.24, 2.45) is 7.05 Å². The summed E-state index contributed by atoms with van der Waals surface area (Å²) in [4.78, 5) is 18.3. The van der Waals surface area contributed by atoms with Crippen LogP contribution in [0.5, 0.6) is 5.75 Å². The van der Waals surface area contributed by atoms with Crippen LogP contribution in [0.25, 0.3) is 0 Å². The van der Waals surface area contributed by atoms with Crippen molar-refractivity contribution in [2.75, 3.05) is 25.6 Å². The summed E-state index contributed by atoms with van der Waals surface area (Å²) in [7, 11) is 3.08. The van der Waals surface area contributed by atoms with Gasteiger partial charge in [-0.25, -0.2) is 9.67 Å². The van der Waals surface area contributed by atoms with Gasteiger partial charge in [-0.05, 0) is 59.4 Å². The molecule has 0 spiro atoms. The predicted octanol–water partition coefficient (Wildman–Crippen LogP) is 2.98. The van der Waals surface area contributed by atoms with E-state index in [1.54, 1.807) is 14.0 Å². The maximum atomic E-state index is 13.3. The van der Waals surface area contributed by atoms with E-state index >= 15 is 0 Å². The van der Waals surface area contributed by atoms with Crippen LogP contribution in [0, 0.1) is 0 Å². The number of aryl methyl sites for hydroxylation is 1. The van der Waals surface area contributed by atoms with Crippen molar-refractivity contribution in [3.05, 3.63) is 58.9 Å². The lowest BCUT2D eigenvalue weighted by Crippen LogP contribution is -2.36. The molecule has 202 valence electrons. The normalized spacial score (nSPS) is 17.4. The van der Waals surface area contributed by atoms with Gasteiger partial charge in [-0.15, -0.1) is 0 Å². The summed E-state index contributed by atoms with van der Waals surface area (Å²) in [5.41, 5.74) is -1.34. The standard InChI is InChI=1S/C23H24F3N7O4S/c1-22(12-33(21(38)37-22)10-14-4-6-15(35-3)7-5-14)13-36-11-17-16(8-9-18(27-17)23(24,25)26)19(34)28-20-29-30-31-32(20)2/h4-9H,10-13H2,1-3H3,(H,28,29,31,34). The lowest BCUT2D eigenvalue weighted by molar-refractivity contribution is -0.141. The van der Waals surface area contributed by atoms with Gasteiger partial charge >= 0.3 is 6.18 Å². The van der Waals surface area contributed by atoms with Crippen LogP contribution in [0.1, 0.15) is 34.2 Å². The summed E-state index contributed by atoms with van der Waals surface area (Å²) in [6.45, 7) is 2.27. The second kappa shape index (κ2) is 10.9. The van der Waals surface area contributed by atoms with Crippen molar-refractivity contribution >= 4 is 29.2 Å². The molecule has 0 saturated carbocycles. The minimum Gasteiger partial charge on any atom is -0.497 e. The quantitative estimate of drug-likeness (QED) is 0.398. The Morgan fingerprint density at radius 2 is 1.97 bits per heavy atom. The van der Waals surface area contributed by atoms with Crippen LogP contribution in [-0.4, -0.2) is 67.0 Å². The highest BCUT2D eigenvalue weighted by Gasteiger charge is 2.39. The number of tetrazole rings is 1. The lowest BCUT2D eigenvalue weighted by Gasteiger charge is -2.22. The number of methoxy groups -OCH3 is 1. The molecular formula is C23H24F3N7O4S. The minimum atomic E-state index is -4.70. The molecule has 1 atom stereocenters. The van der Waals surface area contributed by atoms with Crippen LogP contribution < -0.4 is 10.1 Å². The number of amides is 1. The molecule has 4 rings (SSSR count). The van der Waals surface area contributed by atoms with Gasteiger partial charge in [0.05, 0.1) is 38.1 Å². The van der Waals surface area contributed by atoms with Gasteiger partial charge in [0.15, 0.2) is 0 Å². The summed E-state index contributed by atoms with van der Waals surface area (Å²) in [5.74, 6) is 0.00809. The summed E-state index contributed by atoms with van der Waals surface area (Å²) in [6, 6.07) is 9.27. The van der Waals surface area contributed by atoms with E-state index < -0.39 is 23.4 Å². The number of ether oxygens (including phenoxy) is 3. The molecule has 1 unspecified atom stereocenters. The summed E-state index contributed by atoms with van der Waals surface area (Å²) < 4.78 is 57.9. The fourth-order valence-corrected chi connectivity index (χ4v) is 4.10. The first kappa shape index (κ1) is 27.2. The molecule has 0 bridgehead atoms. The second-order valence-corrected chi connectivity index (χ2v) is 9.13. The van der Waals surface area contributed by atoms with E-state index in [2.05, 4.69) is 25.8 Å². The van der Waals surface area contributed by atoms with E-state index in [0.717, 1.165) is 23.4 Å². The minimum absolute atomic E-state index is 0.0131. The Hall–Kier alpha value is -3.85. The number of thiocarbonyl (C=S) groups is 1. The number of benzene rings is 1. The number of carbonyl (C=O) groups is 1. The van der Waals surface area contributed by atoms with Gasteiger partial charge in [-0.1, -0.05) is 17.2 Å². The monoisotopic (exact) mass is 551 g/mol. The van der Waals surface area contributed by atoms with Crippen LogP contribution in [0.4, 0.5) is 19.1 Å². The molecule has 38 heavy (non-hydrogen) atoms. The number of alkyl halides is 3. The molecule has 0 radical (unpaired) electrons. The van der Waals surface area contributed by atoms with Crippen molar-refractivity contribution in [2.45, 2.75) is 31.9 Å². The van der Waals surface area contributed by atoms with Gasteiger partial charge in [0.25, 0.3) is 11.1 Å². The van der Waals surface area contributed by atoms with E-state index in [0.29, 0.717) is 13.1 Å². The van der Waals surface area contributed by atoms with Crippen molar-refractivity contribution in [3.8, 4) is 5.75 Å². The average Bonchev–Trinajstić information content (AvgIpc) is 3.39. The number of halogens is 3. The van der Waals surface area contributed by atoms with E-state index in [-0.39, 0.29) is 35.6 Å². The molecule has 0 aliphatic carbocycles. The summed E-state index contributed by atoms with van der Waals surface area (Å²) >= 11 is 5.37. The van der Waals surface area contributed by atoms with Crippen LogP contribution in [0.3, 0.4) is 0 Å². The Kier molecular flexibility index (Phi) is 7.78. The van der Waals surface area contributed by atoms with Gasteiger partial charge in [0, 0.05) is 13.6 Å². The number of aromatic nitrogens is 5. The molecule has 1 N–H and O–H groups in total. The Morgan fingerprint density at radius 3 is 2.61 bits per heavy atom. The Labute approximate surface area is 220 Å². The van der Waals surface area contributed by atoms with E-state index in [4.69, 9.17) is 26.4 Å². The number of nitrogens with one attached hydrogen (secondary N) is 1. The molecule has 1 aliphatic rings. The second-order valence-electron chi connectivity index (χ2n) is 8.78. The zero-order valence-corrected chi connectivity index (χ0v) is 21.5. The molecule has 3 heterocycles. The number of nitrogens with zero attached hydrogens (tertiary/aromatic N) is 6. The van der Waals surface area contributed by atoms with Crippen molar-refractivity contribution in [3.63, 3.8) is 0 Å². The number of pyridine rings is 1. The van der Waals surface area contributed by atoms with E-state index in [1.807, 2.05) is 29.2 Å². The average molecular weight is 552 g/mol. The molecule has 1 fully saturated rings. The zero-order valence-electron chi connectivity index (χ0n) is 20.7. The third kappa shape index (κ3) is 6.34. The third-order valence-corrected chi connectivity index (χ3v) is 5.99. The molecule has 1 aromatic carbocycles. The van der Waals surface area contributed by atoms with Gasteiger partial charge in [0.2, 0.25) is 5.95 Å². The van der Waals surface area contributed by atoms with Crippen LogP contribution >= 0.6 is 12.2 Å². The smallest absolute Gasteiger partial charge is 0.433 e. The van der Waals surface area contributed by atoms with E-state index in [1.165, 1.54) is 11.7 Å². The molecule has 11 nitrogen and oxygen atoms in total. The van der Waals surface area contributed by atoms with Crippen LogP contribution in [0.2, 0.25) is 0 Å². The number of carbonyl (C=O) groups excluding carboxylic acids is 1. The first-order chi connectivity index (χ1) is 18.0. The summed E-state index contributed by atoms with van der Waals surface area (Å²) in [6.07, 6.45) is -4.70. The highest BCUT2D eigenvalue weighted by atomic mass is 32.1. The van der Waals surface area contributed by atoms with Gasteiger partial charge in [-0.2, -0.15) is 13.2 Å². The maximum absolute atomic E-state index is 13.3. The maximum Gasteiger partial charge on any atom is 0.433 e. The first-order valence-corrected chi connectivity index (χ1v) is 11.7. The van der Waals surface area contributed by atoms with Gasteiger partial charge in [0.1, 0.15) is 17.0 Å². The highest BCUT2D eigenvalue weighted by molar-refractivity contribution is 7.80. The van der Waals surface area contributed by atoms with E-state index in [9.17, 15) is 18.0 Å². The molecule has 1 aliphatic heterocycles. The Bertz CT molecular complexity index is 1320. The number of anilines is 1. The molecule has 1 saturated heterocycles. The molecule has 3 aromatic rings. The Morgan fingerprint density at radius 1 is 1.24 bits per heavy atom. The lowest BCUT2D eigenvalue weighted by atomic mass is 10.1. The topological polar surface area (TPSA) is 117 Å². The fourth-order valence-electron chi connectivity index (χ4n) is 3.77. The number of hydrogen-bond acceptors (Lipinski definition) is 9. The van der Waals surface area contributed by atoms with Gasteiger partial charge < -0.3 is 19.1 Å². The van der Waals surface area contributed by atoms with Crippen LogP contribution in [0.15, 0.2) is 36.4 Å². The number of rotatable bonds is 9. The Balaban J connectivity index is 1.43. The molecule has 1 amide bonds. The molecular weight excluding hydrogens is 527 g/mol. The largest absolute Gasteiger partial charge is 0.497 e. The molecule has 15 heteroatoms. The first-order valence-electron chi connectivity index (χ1n) is 11.3. The predicted molar refractivity (Wildman–Crippen MR) is 131 cm³/mol. The van der Waals surface area contributed by atoms with Crippen molar-refractivity contribution in [1.29, 1.82) is 0 Å². The SMILES string of the molecule is COc1ccc(CN2CC(C)(COCc3nc(C(F)(F)F)ccc3C(=O)Nc3nnnn3C)OC2=S)cc1. The van der Waals surface area contributed by atoms with Gasteiger partial charge in [-0.3, -0.25) is 10.1 Å². The highest BCUT2D eigenvalue weighted by Crippen LogP contribution is 2.29. The fraction of sp³-hybridized carbons (Fsp3) is 0.391. The molecule has 2 aromatic heterocycles. The van der Waals surface area contributed by atoms with Crippen molar-refractivity contribution < 1.29 is 32.2 Å². The third-order valence-electron chi connectivity index (χ3n) is 5.65. The zero-order chi connectivity index (χ0) is 27.5.